The maximum atomic E-state index is 5.55. The lowest BCUT2D eigenvalue weighted by atomic mass is 10.3. The van der Waals surface area contributed by atoms with Crippen molar-refractivity contribution >= 4 is 27.4 Å². The molecule has 3 aromatic rings. The highest BCUT2D eigenvalue weighted by Crippen LogP contribution is 2.30. The van der Waals surface area contributed by atoms with E-state index >= 15 is 0 Å². The average molecular weight is 272 g/mol. The summed E-state index contributed by atoms with van der Waals surface area (Å²) in [5.41, 5.74) is 3.31. The second kappa shape index (κ2) is 4.87. The van der Waals surface area contributed by atoms with E-state index in [4.69, 9.17) is 5.84 Å². The van der Waals surface area contributed by atoms with Crippen LogP contribution in [0.25, 0.3) is 21.7 Å². The van der Waals surface area contributed by atoms with Crippen molar-refractivity contribution in [1.29, 1.82) is 0 Å². The van der Waals surface area contributed by atoms with Gasteiger partial charge in [-0.3, -0.25) is 0 Å². The molecule has 0 radical (unpaired) electrons. The summed E-state index contributed by atoms with van der Waals surface area (Å²) in [5, 5.41) is 0.946. The monoisotopic (exact) mass is 272 g/mol. The molecule has 3 rings (SSSR count). The smallest absolute Gasteiger partial charge is 0.181 e. The Bertz CT molecular complexity index is 709. The normalized spacial score (nSPS) is 10.8. The van der Waals surface area contributed by atoms with Crippen LogP contribution in [0.15, 0.2) is 24.7 Å². The zero-order chi connectivity index (χ0) is 13.2. The molecular formula is C12H12N6S. The largest absolute Gasteiger partial charge is 0.308 e. The van der Waals surface area contributed by atoms with Gasteiger partial charge < -0.3 is 5.43 Å². The van der Waals surface area contributed by atoms with Gasteiger partial charge in [0, 0.05) is 11.1 Å². The van der Waals surface area contributed by atoms with Gasteiger partial charge in [-0.15, -0.1) is 11.3 Å². The molecule has 3 aromatic heterocycles. The zero-order valence-electron chi connectivity index (χ0n) is 10.3. The summed E-state index contributed by atoms with van der Waals surface area (Å²) in [6, 6.07) is 3.84. The van der Waals surface area contributed by atoms with Gasteiger partial charge in [-0.2, -0.15) is 0 Å². The summed E-state index contributed by atoms with van der Waals surface area (Å²) >= 11 is 1.65. The number of fused-ring (bicyclic) bond motifs is 1. The van der Waals surface area contributed by atoms with Crippen LogP contribution < -0.4 is 11.3 Å². The van der Waals surface area contributed by atoms with Gasteiger partial charge in [0.1, 0.15) is 16.9 Å². The van der Waals surface area contributed by atoms with Crippen molar-refractivity contribution in [3.63, 3.8) is 0 Å². The first-order chi connectivity index (χ1) is 9.31. The van der Waals surface area contributed by atoms with Crippen molar-refractivity contribution in [1.82, 2.24) is 19.9 Å². The van der Waals surface area contributed by atoms with E-state index in [0.29, 0.717) is 17.3 Å². The molecule has 0 aromatic carbocycles. The Morgan fingerprint density at radius 3 is 2.95 bits per heavy atom. The summed E-state index contributed by atoms with van der Waals surface area (Å²) in [6.07, 6.45) is 4.11. The highest BCUT2D eigenvalue weighted by Gasteiger charge is 2.12. The second-order valence-electron chi connectivity index (χ2n) is 3.92. The number of thiophene rings is 1. The van der Waals surface area contributed by atoms with Crippen molar-refractivity contribution in [3.05, 3.63) is 29.5 Å². The number of nitrogens with one attached hydrogen (secondary N) is 1. The maximum absolute atomic E-state index is 5.55. The number of rotatable bonds is 3. The van der Waals surface area contributed by atoms with Gasteiger partial charge in [-0.25, -0.2) is 25.8 Å². The van der Waals surface area contributed by atoms with E-state index in [9.17, 15) is 0 Å². The Hall–Kier alpha value is -2.12. The number of hydrazine groups is 1. The number of hydrogen-bond acceptors (Lipinski definition) is 7. The van der Waals surface area contributed by atoms with Gasteiger partial charge >= 0.3 is 0 Å². The summed E-state index contributed by atoms with van der Waals surface area (Å²) in [6.45, 7) is 2.11. The predicted octanol–water partition coefficient (Wildman–Crippen LogP) is 2.00. The van der Waals surface area contributed by atoms with Gasteiger partial charge in [-0.05, 0) is 18.6 Å². The molecule has 0 atom stereocenters. The molecule has 0 amide bonds. The Morgan fingerprint density at radius 2 is 2.26 bits per heavy atom. The van der Waals surface area contributed by atoms with Crippen LogP contribution in [0.5, 0.6) is 0 Å². The molecule has 0 fully saturated rings. The standard InChI is InChI=1S/C12H12N6S/c1-2-7-5-8-10(18-13)16-11(17-12(8)19-7)9-3-4-14-6-15-9/h3-6H,2,13H2,1H3,(H,16,17,18). The van der Waals surface area contributed by atoms with Crippen LogP contribution in [0.2, 0.25) is 0 Å². The maximum Gasteiger partial charge on any atom is 0.181 e. The molecule has 0 aliphatic heterocycles. The third kappa shape index (κ3) is 2.13. The molecule has 6 nitrogen and oxygen atoms in total. The third-order valence-corrected chi connectivity index (χ3v) is 3.91. The molecule has 19 heavy (non-hydrogen) atoms. The summed E-state index contributed by atoms with van der Waals surface area (Å²) in [5.74, 6) is 6.71. The minimum absolute atomic E-state index is 0.548. The molecule has 0 aliphatic rings. The summed E-state index contributed by atoms with van der Waals surface area (Å²) in [4.78, 5) is 19.2. The molecule has 0 saturated heterocycles. The second-order valence-corrected chi connectivity index (χ2v) is 5.04. The van der Waals surface area contributed by atoms with Crippen molar-refractivity contribution in [3.8, 4) is 11.5 Å². The molecule has 3 N–H and O–H groups in total. The number of aryl methyl sites for hydroxylation is 1. The predicted molar refractivity (Wildman–Crippen MR) is 75.6 cm³/mol. The van der Waals surface area contributed by atoms with Crippen LogP contribution in [-0.4, -0.2) is 19.9 Å². The molecule has 7 heteroatoms. The van der Waals surface area contributed by atoms with Crippen molar-refractivity contribution in [2.45, 2.75) is 13.3 Å². The van der Waals surface area contributed by atoms with Crippen LogP contribution in [0.1, 0.15) is 11.8 Å². The van der Waals surface area contributed by atoms with E-state index in [-0.39, 0.29) is 0 Å². The number of anilines is 1. The topological polar surface area (TPSA) is 89.6 Å². The zero-order valence-corrected chi connectivity index (χ0v) is 11.1. The molecule has 3 heterocycles. The highest BCUT2D eigenvalue weighted by molar-refractivity contribution is 7.18. The SMILES string of the molecule is CCc1cc2c(NN)nc(-c3ccncn3)nc2s1. The van der Waals surface area contributed by atoms with E-state index in [2.05, 4.69) is 38.4 Å². The summed E-state index contributed by atoms with van der Waals surface area (Å²) < 4.78 is 0. The first-order valence-electron chi connectivity index (χ1n) is 5.85. The number of aromatic nitrogens is 4. The van der Waals surface area contributed by atoms with Gasteiger partial charge in [0.25, 0.3) is 0 Å². The van der Waals surface area contributed by atoms with E-state index in [0.717, 1.165) is 16.6 Å². The Morgan fingerprint density at radius 1 is 1.37 bits per heavy atom. The highest BCUT2D eigenvalue weighted by atomic mass is 32.1. The quantitative estimate of drug-likeness (QED) is 0.560. The van der Waals surface area contributed by atoms with E-state index in [1.54, 1.807) is 23.6 Å². The number of nitrogens with two attached hydrogens (primary N) is 1. The molecule has 0 unspecified atom stereocenters. The van der Waals surface area contributed by atoms with E-state index in [1.165, 1.54) is 11.2 Å². The lowest BCUT2D eigenvalue weighted by molar-refractivity contribution is 1.12. The van der Waals surface area contributed by atoms with Crippen molar-refractivity contribution in [2.24, 2.45) is 5.84 Å². The fourth-order valence-electron chi connectivity index (χ4n) is 1.79. The molecule has 96 valence electrons. The molecule has 0 aliphatic carbocycles. The minimum atomic E-state index is 0.548. The van der Waals surface area contributed by atoms with Crippen LogP contribution in [0.3, 0.4) is 0 Å². The van der Waals surface area contributed by atoms with E-state index in [1.807, 2.05) is 0 Å². The number of nitrogen functional groups attached to an aromatic ring is 1. The van der Waals surface area contributed by atoms with Crippen LogP contribution >= 0.6 is 11.3 Å². The lowest BCUT2D eigenvalue weighted by Crippen LogP contribution is -2.10. The third-order valence-electron chi connectivity index (χ3n) is 2.74. The average Bonchev–Trinajstić information content (AvgIpc) is 2.90. The molecule has 0 bridgehead atoms. The fraction of sp³-hybridized carbons (Fsp3) is 0.167. The van der Waals surface area contributed by atoms with Gasteiger partial charge in [0.2, 0.25) is 0 Å². The van der Waals surface area contributed by atoms with Crippen molar-refractivity contribution < 1.29 is 0 Å². The first-order valence-corrected chi connectivity index (χ1v) is 6.67. The van der Waals surface area contributed by atoms with Crippen molar-refractivity contribution in [2.75, 3.05) is 5.43 Å². The fourth-order valence-corrected chi connectivity index (χ4v) is 2.76. The van der Waals surface area contributed by atoms with E-state index < -0.39 is 0 Å². The van der Waals surface area contributed by atoms with Crippen LogP contribution in [-0.2, 0) is 6.42 Å². The Balaban J connectivity index is 2.22. The first kappa shape index (κ1) is 11.9. The van der Waals surface area contributed by atoms with Gasteiger partial charge in [0.15, 0.2) is 11.6 Å². The lowest BCUT2D eigenvalue weighted by Gasteiger charge is -2.04. The number of nitrogens with zero attached hydrogens (tertiary/aromatic N) is 4. The minimum Gasteiger partial charge on any atom is -0.308 e. The molecular weight excluding hydrogens is 260 g/mol. The molecule has 0 spiro atoms. The van der Waals surface area contributed by atoms with Gasteiger partial charge in [-0.1, -0.05) is 6.92 Å². The number of hydrogen-bond donors (Lipinski definition) is 2. The summed E-state index contributed by atoms with van der Waals surface area (Å²) in [7, 11) is 0. The molecule has 0 saturated carbocycles. The Labute approximate surface area is 113 Å². The van der Waals surface area contributed by atoms with Gasteiger partial charge in [0.05, 0.1) is 5.39 Å². The Kier molecular flexibility index (Phi) is 3.06. The van der Waals surface area contributed by atoms with Crippen LogP contribution in [0, 0.1) is 0 Å². The van der Waals surface area contributed by atoms with Crippen LogP contribution in [0.4, 0.5) is 5.82 Å².